The fraction of sp³-hybridized carbons (Fsp3) is 0.364. The van der Waals surface area contributed by atoms with Crippen molar-refractivity contribution in [1.29, 1.82) is 0 Å². The van der Waals surface area contributed by atoms with Crippen molar-refractivity contribution in [1.82, 2.24) is 5.43 Å². The number of methoxy groups -OCH3 is 1. The van der Waals surface area contributed by atoms with E-state index >= 15 is 0 Å². The van der Waals surface area contributed by atoms with Crippen molar-refractivity contribution in [3.8, 4) is 11.5 Å². The molecular formula is C22H28N2O3. The smallest absolute Gasteiger partial charge is 0.240 e. The maximum Gasteiger partial charge on any atom is 0.240 e. The summed E-state index contributed by atoms with van der Waals surface area (Å²) in [4.78, 5) is 11.9. The summed E-state index contributed by atoms with van der Waals surface area (Å²) < 4.78 is 11.1. The van der Waals surface area contributed by atoms with Gasteiger partial charge in [0.05, 0.1) is 19.9 Å². The van der Waals surface area contributed by atoms with E-state index in [9.17, 15) is 4.79 Å². The summed E-state index contributed by atoms with van der Waals surface area (Å²) in [6, 6.07) is 15.5. The van der Waals surface area contributed by atoms with Crippen LogP contribution in [0.5, 0.6) is 11.5 Å². The number of unbranched alkanes of at least 4 members (excludes halogenated alkanes) is 2. The number of hydrogen-bond donors (Lipinski definition) is 1. The van der Waals surface area contributed by atoms with Gasteiger partial charge in [-0.15, -0.1) is 0 Å². The summed E-state index contributed by atoms with van der Waals surface area (Å²) >= 11 is 0. The Kier molecular flexibility index (Phi) is 8.90. The second-order valence-corrected chi connectivity index (χ2v) is 6.24. The van der Waals surface area contributed by atoms with Gasteiger partial charge >= 0.3 is 0 Å². The second kappa shape index (κ2) is 11.7. The molecule has 0 spiro atoms. The molecule has 27 heavy (non-hydrogen) atoms. The molecule has 2 rings (SSSR count). The first-order valence-corrected chi connectivity index (χ1v) is 9.39. The summed E-state index contributed by atoms with van der Waals surface area (Å²) in [6.07, 6.45) is 6.03. The van der Waals surface area contributed by atoms with Crippen molar-refractivity contribution < 1.29 is 14.3 Å². The number of carbonyl (C=O) groups is 1. The second-order valence-electron chi connectivity index (χ2n) is 6.24. The Balaban J connectivity index is 1.82. The zero-order valence-electron chi connectivity index (χ0n) is 16.1. The van der Waals surface area contributed by atoms with Crippen LogP contribution in [0.25, 0.3) is 0 Å². The molecule has 0 aliphatic carbocycles. The predicted octanol–water partition coefficient (Wildman–Crippen LogP) is 4.35. The molecule has 2 aromatic carbocycles. The number of rotatable bonds is 11. The van der Waals surface area contributed by atoms with Gasteiger partial charge in [0.2, 0.25) is 5.91 Å². The van der Waals surface area contributed by atoms with E-state index in [1.807, 2.05) is 48.5 Å². The van der Waals surface area contributed by atoms with E-state index in [1.54, 1.807) is 13.3 Å². The number of benzene rings is 2. The number of hydrazone groups is 1. The molecule has 5 nitrogen and oxygen atoms in total. The van der Waals surface area contributed by atoms with E-state index in [0.717, 1.165) is 36.1 Å². The molecule has 144 valence electrons. The highest BCUT2D eigenvalue weighted by atomic mass is 16.5. The highest BCUT2D eigenvalue weighted by molar-refractivity contribution is 5.83. The molecular weight excluding hydrogens is 340 g/mol. The topological polar surface area (TPSA) is 59.9 Å². The zero-order chi connectivity index (χ0) is 19.3. The van der Waals surface area contributed by atoms with Crippen LogP contribution in [0.15, 0.2) is 53.6 Å². The third kappa shape index (κ3) is 7.52. The molecule has 0 heterocycles. The maximum atomic E-state index is 11.9. The predicted molar refractivity (Wildman–Crippen MR) is 109 cm³/mol. The van der Waals surface area contributed by atoms with E-state index in [0.29, 0.717) is 25.2 Å². The van der Waals surface area contributed by atoms with Gasteiger partial charge in [0.25, 0.3) is 0 Å². The van der Waals surface area contributed by atoms with Gasteiger partial charge in [-0.1, -0.05) is 50.1 Å². The normalized spacial score (nSPS) is 10.7. The standard InChI is InChI=1S/C22H28N2O3/c1-3-4-8-15-27-20-13-11-19(16-21(20)26-2)17-23-24-22(25)14-12-18-9-6-5-7-10-18/h5-7,9-11,13,16-17H,3-4,8,12,14-15H2,1-2H3,(H,24,25)/b23-17-. The summed E-state index contributed by atoms with van der Waals surface area (Å²) in [7, 11) is 1.61. The summed E-state index contributed by atoms with van der Waals surface area (Å²) in [6.45, 7) is 2.84. The van der Waals surface area contributed by atoms with Crippen molar-refractivity contribution >= 4 is 12.1 Å². The molecule has 0 saturated heterocycles. The number of ether oxygens (including phenoxy) is 2. The molecule has 5 heteroatoms. The molecule has 1 N–H and O–H groups in total. The van der Waals surface area contributed by atoms with Crippen LogP contribution in [0.1, 0.15) is 43.7 Å². The minimum atomic E-state index is -0.113. The summed E-state index contributed by atoms with van der Waals surface area (Å²) in [5.41, 5.74) is 4.53. The van der Waals surface area contributed by atoms with E-state index in [1.165, 1.54) is 0 Å². The van der Waals surface area contributed by atoms with Crippen LogP contribution in [0.2, 0.25) is 0 Å². The molecule has 1 amide bonds. The zero-order valence-corrected chi connectivity index (χ0v) is 16.1. The van der Waals surface area contributed by atoms with Crippen molar-refractivity contribution in [2.45, 2.75) is 39.0 Å². The van der Waals surface area contributed by atoms with Gasteiger partial charge in [-0.2, -0.15) is 5.10 Å². The Morgan fingerprint density at radius 2 is 1.93 bits per heavy atom. The lowest BCUT2D eigenvalue weighted by Crippen LogP contribution is -2.17. The van der Waals surface area contributed by atoms with Crippen LogP contribution in [-0.4, -0.2) is 25.8 Å². The fourth-order valence-electron chi connectivity index (χ4n) is 2.56. The SMILES string of the molecule is CCCCCOc1ccc(/C=N\NC(=O)CCc2ccccc2)cc1OC. The van der Waals surface area contributed by atoms with Crippen LogP contribution in [-0.2, 0) is 11.2 Å². The van der Waals surface area contributed by atoms with Crippen LogP contribution >= 0.6 is 0 Å². The van der Waals surface area contributed by atoms with Crippen LogP contribution in [0.4, 0.5) is 0 Å². The summed E-state index contributed by atoms with van der Waals surface area (Å²) in [5, 5.41) is 4.02. The lowest BCUT2D eigenvalue weighted by Gasteiger charge is -2.11. The minimum absolute atomic E-state index is 0.113. The molecule has 0 unspecified atom stereocenters. The summed E-state index contributed by atoms with van der Waals surface area (Å²) in [5.74, 6) is 1.27. The molecule has 2 aromatic rings. The molecule has 0 aliphatic rings. The van der Waals surface area contributed by atoms with E-state index in [2.05, 4.69) is 17.5 Å². The average Bonchev–Trinajstić information content (AvgIpc) is 2.71. The lowest BCUT2D eigenvalue weighted by atomic mass is 10.1. The molecule has 0 atom stereocenters. The molecule has 0 radical (unpaired) electrons. The van der Waals surface area contributed by atoms with E-state index < -0.39 is 0 Å². The Morgan fingerprint density at radius 1 is 1.11 bits per heavy atom. The van der Waals surface area contributed by atoms with Crippen molar-refractivity contribution in [3.63, 3.8) is 0 Å². The highest BCUT2D eigenvalue weighted by Gasteiger charge is 2.05. The van der Waals surface area contributed by atoms with E-state index in [-0.39, 0.29) is 5.91 Å². The Bertz CT molecular complexity index is 730. The van der Waals surface area contributed by atoms with Gasteiger partial charge in [-0.3, -0.25) is 4.79 Å². The molecule has 0 aromatic heterocycles. The Hall–Kier alpha value is -2.82. The van der Waals surface area contributed by atoms with Gasteiger partial charge in [0.15, 0.2) is 11.5 Å². The van der Waals surface area contributed by atoms with Crippen molar-refractivity contribution in [2.24, 2.45) is 5.10 Å². The maximum absolute atomic E-state index is 11.9. The lowest BCUT2D eigenvalue weighted by molar-refractivity contribution is -0.121. The van der Waals surface area contributed by atoms with Gasteiger partial charge < -0.3 is 9.47 Å². The molecule has 0 fully saturated rings. The number of aryl methyl sites for hydroxylation is 1. The third-order valence-electron chi connectivity index (χ3n) is 4.08. The molecule has 0 saturated carbocycles. The van der Waals surface area contributed by atoms with Crippen LogP contribution < -0.4 is 14.9 Å². The van der Waals surface area contributed by atoms with Crippen LogP contribution in [0.3, 0.4) is 0 Å². The minimum Gasteiger partial charge on any atom is -0.493 e. The monoisotopic (exact) mass is 368 g/mol. The first kappa shape index (κ1) is 20.5. The molecule has 0 aliphatic heterocycles. The third-order valence-corrected chi connectivity index (χ3v) is 4.08. The molecule has 0 bridgehead atoms. The number of carbonyl (C=O) groups excluding carboxylic acids is 1. The van der Waals surface area contributed by atoms with Gasteiger partial charge in [0, 0.05) is 6.42 Å². The number of nitrogens with zero attached hydrogens (tertiary/aromatic N) is 1. The van der Waals surface area contributed by atoms with Gasteiger partial charge in [0.1, 0.15) is 0 Å². The fourth-order valence-corrected chi connectivity index (χ4v) is 2.56. The quantitative estimate of drug-likeness (QED) is 0.364. The van der Waals surface area contributed by atoms with Gasteiger partial charge in [-0.05, 0) is 42.2 Å². The number of hydrogen-bond acceptors (Lipinski definition) is 4. The Morgan fingerprint density at radius 3 is 2.67 bits per heavy atom. The number of amides is 1. The van der Waals surface area contributed by atoms with E-state index in [4.69, 9.17) is 9.47 Å². The first-order valence-electron chi connectivity index (χ1n) is 9.39. The van der Waals surface area contributed by atoms with Crippen molar-refractivity contribution in [3.05, 3.63) is 59.7 Å². The number of nitrogens with one attached hydrogen (secondary N) is 1. The Labute approximate surface area is 161 Å². The largest absolute Gasteiger partial charge is 0.493 e. The first-order chi connectivity index (χ1) is 13.2. The van der Waals surface area contributed by atoms with Crippen molar-refractivity contribution in [2.75, 3.05) is 13.7 Å². The highest BCUT2D eigenvalue weighted by Crippen LogP contribution is 2.27. The average molecular weight is 368 g/mol. The van der Waals surface area contributed by atoms with Crippen LogP contribution in [0, 0.1) is 0 Å². The van der Waals surface area contributed by atoms with Gasteiger partial charge in [-0.25, -0.2) is 5.43 Å².